The van der Waals surface area contributed by atoms with E-state index in [4.69, 9.17) is 11.6 Å². The lowest BCUT2D eigenvalue weighted by atomic mass is 10.0. The molecule has 0 radical (unpaired) electrons. The van der Waals surface area contributed by atoms with E-state index in [0.717, 1.165) is 24.6 Å². The first-order valence-corrected chi connectivity index (χ1v) is 5.89. The van der Waals surface area contributed by atoms with Crippen LogP contribution in [0.15, 0.2) is 24.3 Å². The van der Waals surface area contributed by atoms with Crippen molar-refractivity contribution in [2.75, 3.05) is 5.88 Å². The second-order valence-corrected chi connectivity index (χ2v) is 4.58. The van der Waals surface area contributed by atoms with E-state index >= 15 is 0 Å². The maximum atomic E-state index is 5.65. The molecule has 0 fully saturated rings. The first-order chi connectivity index (χ1) is 6.72. The van der Waals surface area contributed by atoms with Crippen LogP contribution in [0.1, 0.15) is 31.4 Å². The predicted molar refractivity (Wildman–Crippen MR) is 64.0 cm³/mol. The summed E-state index contributed by atoms with van der Waals surface area (Å²) >= 11 is 5.65. The Hall–Kier alpha value is -0.490. The van der Waals surface area contributed by atoms with Gasteiger partial charge in [0.15, 0.2) is 0 Å². The van der Waals surface area contributed by atoms with Gasteiger partial charge in [-0.05, 0) is 36.3 Å². The second kappa shape index (κ2) is 6.08. The number of hydrogen-bond acceptors (Lipinski definition) is 0. The van der Waals surface area contributed by atoms with Gasteiger partial charge in [-0.15, -0.1) is 11.6 Å². The van der Waals surface area contributed by atoms with Gasteiger partial charge >= 0.3 is 0 Å². The van der Waals surface area contributed by atoms with Gasteiger partial charge in [-0.3, -0.25) is 0 Å². The van der Waals surface area contributed by atoms with Crippen LogP contribution in [-0.4, -0.2) is 5.88 Å². The standard InChI is InChI=1S/C13H19Cl/c1-11(2)10-13-7-5-12(6-8-13)4-3-9-14/h5-8,11H,3-4,9-10H2,1-2H3. The highest BCUT2D eigenvalue weighted by Gasteiger charge is 1.97. The molecule has 0 unspecified atom stereocenters. The minimum atomic E-state index is 0.740. The quantitative estimate of drug-likeness (QED) is 0.644. The van der Waals surface area contributed by atoms with Crippen LogP contribution in [0.4, 0.5) is 0 Å². The lowest BCUT2D eigenvalue weighted by Crippen LogP contribution is -1.94. The van der Waals surface area contributed by atoms with E-state index in [1.165, 1.54) is 17.5 Å². The molecule has 0 heterocycles. The van der Waals surface area contributed by atoms with E-state index in [2.05, 4.69) is 38.1 Å². The third-order valence-corrected chi connectivity index (χ3v) is 2.53. The molecule has 1 heteroatoms. The largest absolute Gasteiger partial charge is 0.127 e. The number of rotatable bonds is 5. The van der Waals surface area contributed by atoms with Crippen molar-refractivity contribution in [2.45, 2.75) is 33.1 Å². The minimum Gasteiger partial charge on any atom is -0.127 e. The average molecular weight is 211 g/mol. The zero-order valence-electron chi connectivity index (χ0n) is 9.09. The molecular weight excluding hydrogens is 192 g/mol. The number of aryl methyl sites for hydroxylation is 1. The summed E-state index contributed by atoms with van der Waals surface area (Å²) in [4.78, 5) is 0. The van der Waals surface area contributed by atoms with Crippen LogP contribution in [0.25, 0.3) is 0 Å². The number of hydrogen-bond donors (Lipinski definition) is 0. The smallest absolute Gasteiger partial charge is 0.0226 e. The Balaban J connectivity index is 2.50. The van der Waals surface area contributed by atoms with Gasteiger partial charge in [0.05, 0.1) is 0 Å². The third-order valence-electron chi connectivity index (χ3n) is 2.27. The van der Waals surface area contributed by atoms with Gasteiger partial charge < -0.3 is 0 Å². The van der Waals surface area contributed by atoms with Gasteiger partial charge in [0, 0.05) is 5.88 Å². The molecule has 0 aliphatic carbocycles. The van der Waals surface area contributed by atoms with E-state index in [-0.39, 0.29) is 0 Å². The molecule has 0 nitrogen and oxygen atoms in total. The number of benzene rings is 1. The Morgan fingerprint density at radius 1 is 1.07 bits per heavy atom. The summed E-state index contributed by atoms with van der Waals surface area (Å²) in [5.74, 6) is 1.50. The SMILES string of the molecule is CC(C)Cc1ccc(CCCCl)cc1. The molecule has 0 amide bonds. The van der Waals surface area contributed by atoms with Crippen LogP contribution in [-0.2, 0) is 12.8 Å². The van der Waals surface area contributed by atoms with Crippen molar-refractivity contribution in [3.63, 3.8) is 0 Å². The Morgan fingerprint density at radius 3 is 2.14 bits per heavy atom. The Kier molecular flexibility index (Phi) is 5.03. The number of alkyl halides is 1. The molecule has 0 aliphatic rings. The monoisotopic (exact) mass is 210 g/mol. The molecule has 1 aromatic carbocycles. The zero-order valence-corrected chi connectivity index (χ0v) is 9.85. The first-order valence-electron chi connectivity index (χ1n) is 5.36. The molecule has 0 saturated heterocycles. The maximum Gasteiger partial charge on any atom is 0.0226 e. The molecule has 0 aliphatic heterocycles. The van der Waals surface area contributed by atoms with Crippen molar-refractivity contribution in [1.82, 2.24) is 0 Å². The van der Waals surface area contributed by atoms with Gasteiger partial charge in [0.25, 0.3) is 0 Å². The van der Waals surface area contributed by atoms with Crippen LogP contribution in [0.3, 0.4) is 0 Å². The van der Waals surface area contributed by atoms with Crippen LogP contribution < -0.4 is 0 Å². The van der Waals surface area contributed by atoms with Crippen molar-refractivity contribution in [2.24, 2.45) is 5.92 Å². The van der Waals surface area contributed by atoms with E-state index < -0.39 is 0 Å². The molecule has 0 aromatic heterocycles. The maximum absolute atomic E-state index is 5.65. The fourth-order valence-corrected chi connectivity index (χ4v) is 1.72. The Morgan fingerprint density at radius 2 is 1.64 bits per heavy atom. The highest BCUT2D eigenvalue weighted by molar-refractivity contribution is 6.17. The lowest BCUT2D eigenvalue weighted by molar-refractivity contribution is 0.647. The molecule has 14 heavy (non-hydrogen) atoms. The summed E-state index contributed by atoms with van der Waals surface area (Å²) in [5.41, 5.74) is 2.84. The van der Waals surface area contributed by atoms with Crippen molar-refractivity contribution in [3.8, 4) is 0 Å². The summed E-state index contributed by atoms with van der Waals surface area (Å²) in [5, 5.41) is 0. The van der Waals surface area contributed by atoms with Crippen molar-refractivity contribution < 1.29 is 0 Å². The minimum absolute atomic E-state index is 0.740. The Bertz CT molecular complexity index is 248. The topological polar surface area (TPSA) is 0 Å². The van der Waals surface area contributed by atoms with Gasteiger partial charge in [0.1, 0.15) is 0 Å². The molecular formula is C13H19Cl. The molecule has 0 N–H and O–H groups in total. The van der Waals surface area contributed by atoms with Crippen LogP contribution >= 0.6 is 11.6 Å². The Labute approximate surface area is 92.3 Å². The highest BCUT2D eigenvalue weighted by atomic mass is 35.5. The molecule has 1 aromatic rings. The highest BCUT2D eigenvalue weighted by Crippen LogP contribution is 2.11. The van der Waals surface area contributed by atoms with Crippen molar-refractivity contribution >= 4 is 11.6 Å². The van der Waals surface area contributed by atoms with Crippen molar-refractivity contribution in [1.29, 1.82) is 0 Å². The summed E-state index contributed by atoms with van der Waals surface area (Å²) in [7, 11) is 0. The summed E-state index contributed by atoms with van der Waals surface area (Å²) < 4.78 is 0. The summed E-state index contributed by atoms with van der Waals surface area (Å²) in [6.07, 6.45) is 3.35. The third kappa shape index (κ3) is 4.15. The fourth-order valence-electron chi connectivity index (χ4n) is 1.58. The van der Waals surface area contributed by atoms with Gasteiger partial charge in [-0.2, -0.15) is 0 Å². The van der Waals surface area contributed by atoms with Crippen LogP contribution in [0, 0.1) is 5.92 Å². The van der Waals surface area contributed by atoms with Crippen molar-refractivity contribution in [3.05, 3.63) is 35.4 Å². The van der Waals surface area contributed by atoms with Crippen LogP contribution in [0.5, 0.6) is 0 Å². The molecule has 0 saturated carbocycles. The molecule has 0 spiro atoms. The molecule has 0 bridgehead atoms. The summed E-state index contributed by atoms with van der Waals surface area (Å²) in [6.45, 7) is 4.50. The second-order valence-electron chi connectivity index (χ2n) is 4.21. The van der Waals surface area contributed by atoms with Gasteiger partial charge in [-0.1, -0.05) is 38.1 Å². The molecule has 0 atom stereocenters. The van der Waals surface area contributed by atoms with Gasteiger partial charge in [-0.25, -0.2) is 0 Å². The summed E-state index contributed by atoms with van der Waals surface area (Å²) in [6, 6.07) is 8.93. The van der Waals surface area contributed by atoms with E-state index in [9.17, 15) is 0 Å². The average Bonchev–Trinajstić information content (AvgIpc) is 2.16. The van der Waals surface area contributed by atoms with Crippen LogP contribution in [0.2, 0.25) is 0 Å². The van der Waals surface area contributed by atoms with E-state index in [0.29, 0.717) is 0 Å². The van der Waals surface area contributed by atoms with E-state index in [1.54, 1.807) is 0 Å². The lowest BCUT2D eigenvalue weighted by Gasteiger charge is -2.05. The fraction of sp³-hybridized carbons (Fsp3) is 0.538. The van der Waals surface area contributed by atoms with Gasteiger partial charge in [0.2, 0.25) is 0 Å². The first kappa shape index (κ1) is 11.6. The molecule has 1 rings (SSSR count). The predicted octanol–water partition coefficient (Wildman–Crippen LogP) is 4.06. The number of halogens is 1. The molecule has 78 valence electrons. The van der Waals surface area contributed by atoms with E-state index in [1.807, 2.05) is 0 Å². The normalized spacial score (nSPS) is 10.9. The zero-order chi connectivity index (χ0) is 10.4.